The molecule has 1 heteroatoms. The Morgan fingerprint density at radius 1 is 1.15 bits per heavy atom. The molecule has 0 saturated heterocycles. The van der Waals surface area contributed by atoms with E-state index in [2.05, 4.69) is 13.8 Å². The summed E-state index contributed by atoms with van der Waals surface area (Å²) < 4.78 is 0. The molecule has 2 aliphatic carbocycles. The van der Waals surface area contributed by atoms with Crippen LogP contribution < -0.4 is 0 Å². The van der Waals surface area contributed by atoms with E-state index < -0.39 is 0 Å². The molecule has 0 heterocycles. The van der Waals surface area contributed by atoms with Gasteiger partial charge in [-0.3, -0.25) is 0 Å². The molecule has 2 aliphatic rings. The molecule has 1 N–H and O–H groups in total. The maximum Gasteiger partial charge on any atom is 0.0601 e. The summed E-state index contributed by atoms with van der Waals surface area (Å²) in [7, 11) is 0. The standard InChI is InChI=1S/C12H22O/c1-12(2)8-10(12)11(13)9-6-4-3-5-7-9/h9-11,13H,3-8H2,1-2H3. The van der Waals surface area contributed by atoms with E-state index in [9.17, 15) is 5.11 Å². The molecule has 0 aromatic rings. The molecule has 2 atom stereocenters. The molecule has 13 heavy (non-hydrogen) atoms. The smallest absolute Gasteiger partial charge is 0.0601 e. The van der Waals surface area contributed by atoms with Crippen LogP contribution in [0.3, 0.4) is 0 Å². The highest BCUT2D eigenvalue weighted by atomic mass is 16.3. The monoisotopic (exact) mass is 182 g/mol. The summed E-state index contributed by atoms with van der Waals surface area (Å²) in [5.41, 5.74) is 0.441. The van der Waals surface area contributed by atoms with Gasteiger partial charge in [-0.1, -0.05) is 33.1 Å². The second kappa shape index (κ2) is 3.27. The second-order valence-electron chi connectivity index (χ2n) is 5.69. The van der Waals surface area contributed by atoms with E-state index in [1.165, 1.54) is 38.5 Å². The third-order valence-corrected chi connectivity index (χ3v) is 4.13. The molecule has 2 rings (SSSR count). The zero-order valence-electron chi connectivity index (χ0n) is 8.92. The molecule has 2 saturated carbocycles. The zero-order valence-corrected chi connectivity index (χ0v) is 8.92. The van der Waals surface area contributed by atoms with Crippen LogP contribution in [0.4, 0.5) is 0 Å². The first-order chi connectivity index (χ1) is 6.11. The van der Waals surface area contributed by atoms with Crippen LogP contribution in [0.1, 0.15) is 52.4 Å². The lowest BCUT2D eigenvalue weighted by atomic mass is 9.82. The van der Waals surface area contributed by atoms with Gasteiger partial charge in [0.15, 0.2) is 0 Å². The first kappa shape index (κ1) is 9.51. The topological polar surface area (TPSA) is 20.2 Å². The van der Waals surface area contributed by atoms with Crippen molar-refractivity contribution in [1.82, 2.24) is 0 Å². The summed E-state index contributed by atoms with van der Waals surface area (Å²) in [6.07, 6.45) is 7.86. The summed E-state index contributed by atoms with van der Waals surface area (Å²) in [4.78, 5) is 0. The molecule has 76 valence electrons. The molecule has 0 bridgehead atoms. The number of hydrogen-bond acceptors (Lipinski definition) is 1. The molecule has 0 aliphatic heterocycles. The largest absolute Gasteiger partial charge is 0.393 e. The fraction of sp³-hybridized carbons (Fsp3) is 1.00. The SMILES string of the molecule is CC1(C)CC1C(O)C1CCCCC1. The third-order valence-electron chi connectivity index (χ3n) is 4.13. The maximum absolute atomic E-state index is 10.1. The van der Waals surface area contributed by atoms with Crippen molar-refractivity contribution in [3.05, 3.63) is 0 Å². The second-order valence-corrected chi connectivity index (χ2v) is 5.69. The van der Waals surface area contributed by atoms with Crippen LogP contribution in [-0.2, 0) is 0 Å². The molecule has 1 nitrogen and oxygen atoms in total. The summed E-state index contributed by atoms with van der Waals surface area (Å²) in [5, 5.41) is 10.1. The number of aliphatic hydroxyl groups excluding tert-OH is 1. The van der Waals surface area contributed by atoms with Crippen molar-refractivity contribution in [3.63, 3.8) is 0 Å². The first-order valence-electron chi connectivity index (χ1n) is 5.79. The third kappa shape index (κ3) is 1.90. The van der Waals surface area contributed by atoms with Crippen molar-refractivity contribution < 1.29 is 5.11 Å². The fourth-order valence-electron chi connectivity index (χ4n) is 2.90. The average Bonchev–Trinajstić information content (AvgIpc) is 2.76. The Morgan fingerprint density at radius 3 is 2.15 bits per heavy atom. The number of aliphatic hydroxyl groups is 1. The van der Waals surface area contributed by atoms with Gasteiger partial charge in [-0.15, -0.1) is 0 Å². The highest BCUT2D eigenvalue weighted by Gasteiger charge is 2.51. The van der Waals surface area contributed by atoms with Gasteiger partial charge in [-0.2, -0.15) is 0 Å². The Labute approximate surface area is 81.5 Å². The van der Waals surface area contributed by atoms with E-state index >= 15 is 0 Å². The van der Waals surface area contributed by atoms with Crippen molar-refractivity contribution in [1.29, 1.82) is 0 Å². The van der Waals surface area contributed by atoms with Crippen molar-refractivity contribution in [2.45, 2.75) is 58.5 Å². The molecule has 2 unspecified atom stereocenters. The van der Waals surface area contributed by atoms with Crippen molar-refractivity contribution >= 4 is 0 Å². The van der Waals surface area contributed by atoms with E-state index in [-0.39, 0.29) is 6.10 Å². The highest BCUT2D eigenvalue weighted by molar-refractivity contribution is 5.01. The Hall–Kier alpha value is -0.0400. The Balaban J connectivity index is 1.86. The van der Waals surface area contributed by atoms with Gasteiger partial charge in [0.05, 0.1) is 6.10 Å². The molecular formula is C12H22O. The van der Waals surface area contributed by atoms with Crippen LogP contribution in [0.25, 0.3) is 0 Å². The number of rotatable bonds is 2. The van der Waals surface area contributed by atoms with Crippen LogP contribution in [0.5, 0.6) is 0 Å². The lowest BCUT2D eigenvalue weighted by Crippen LogP contribution is -2.26. The minimum Gasteiger partial charge on any atom is -0.393 e. The zero-order chi connectivity index (χ0) is 9.47. The predicted molar refractivity (Wildman–Crippen MR) is 54.5 cm³/mol. The maximum atomic E-state index is 10.1. The summed E-state index contributed by atoms with van der Waals surface area (Å²) in [6.45, 7) is 4.56. The Morgan fingerprint density at radius 2 is 1.69 bits per heavy atom. The molecular weight excluding hydrogens is 160 g/mol. The molecule has 0 spiro atoms. The molecule has 0 amide bonds. The summed E-state index contributed by atoms with van der Waals surface area (Å²) >= 11 is 0. The van der Waals surface area contributed by atoms with E-state index in [4.69, 9.17) is 0 Å². The van der Waals surface area contributed by atoms with E-state index in [0.29, 0.717) is 17.3 Å². The van der Waals surface area contributed by atoms with E-state index in [0.717, 1.165) is 0 Å². The fourth-order valence-corrected chi connectivity index (χ4v) is 2.90. The molecule has 0 radical (unpaired) electrons. The van der Waals surface area contributed by atoms with Gasteiger partial charge >= 0.3 is 0 Å². The molecule has 0 aromatic heterocycles. The van der Waals surface area contributed by atoms with Gasteiger partial charge < -0.3 is 5.11 Å². The quantitative estimate of drug-likeness (QED) is 0.696. The lowest BCUT2D eigenvalue weighted by Gasteiger charge is -2.27. The average molecular weight is 182 g/mol. The van der Waals surface area contributed by atoms with Crippen LogP contribution in [0.2, 0.25) is 0 Å². The van der Waals surface area contributed by atoms with E-state index in [1.54, 1.807) is 0 Å². The van der Waals surface area contributed by atoms with Gasteiger partial charge in [0, 0.05) is 0 Å². The highest BCUT2D eigenvalue weighted by Crippen LogP contribution is 2.55. The van der Waals surface area contributed by atoms with Gasteiger partial charge in [0.2, 0.25) is 0 Å². The van der Waals surface area contributed by atoms with Crippen LogP contribution in [-0.4, -0.2) is 11.2 Å². The van der Waals surface area contributed by atoms with Gasteiger partial charge in [0.1, 0.15) is 0 Å². The first-order valence-corrected chi connectivity index (χ1v) is 5.79. The molecule has 2 fully saturated rings. The van der Waals surface area contributed by atoms with Crippen molar-refractivity contribution in [2.24, 2.45) is 17.3 Å². The Kier molecular flexibility index (Phi) is 2.39. The van der Waals surface area contributed by atoms with Crippen molar-refractivity contribution in [2.75, 3.05) is 0 Å². The van der Waals surface area contributed by atoms with Crippen LogP contribution >= 0.6 is 0 Å². The lowest BCUT2D eigenvalue weighted by molar-refractivity contribution is 0.0557. The van der Waals surface area contributed by atoms with Gasteiger partial charge in [-0.05, 0) is 36.5 Å². The summed E-state index contributed by atoms with van der Waals surface area (Å²) in [5.74, 6) is 1.23. The molecule has 0 aromatic carbocycles. The minimum atomic E-state index is 0.00954. The van der Waals surface area contributed by atoms with Crippen LogP contribution in [0.15, 0.2) is 0 Å². The van der Waals surface area contributed by atoms with Gasteiger partial charge in [-0.25, -0.2) is 0 Å². The van der Waals surface area contributed by atoms with E-state index in [1.807, 2.05) is 0 Å². The summed E-state index contributed by atoms with van der Waals surface area (Å²) in [6, 6.07) is 0. The predicted octanol–water partition coefficient (Wildman–Crippen LogP) is 2.97. The number of hydrogen-bond donors (Lipinski definition) is 1. The van der Waals surface area contributed by atoms with Crippen LogP contribution in [0, 0.1) is 17.3 Å². The minimum absolute atomic E-state index is 0.00954. The van der Waals surface area contributed by atoms with Gasteiger partial charge in [0.25, 0.3) is 0 Å². The normalized spacial score (nSPS) is 35.8. The Bertz CT molecular complexity index is 180. The van der Waals surface area contributed by atoms with Crippen molar-refractivity contribution in [3.8, 4) is 0 Å².